The SMILES string of the molecule is CN(C)CCOC[C@@]12CCCO[C@H]1CCN(C(=O)N(C)C)C2. The van der Waals surface area contributed by atoms with Crippen LogP contribution in [0.3, 0.4) is 0 Å². The average Bonchev–Trinajstić information content (AvgIpc) is 2.50. The molecule has 6 heteroatoms. The van der Waals surface area contributed by atoms with Crippen molar-refractivity contribution in [3.8, 4) is 0 Å². The number of nitrogens with zero attached hydrogens (tertiary/aromatic N) is 3. The Morgan fingerprint density at radius 3 is 2.82 bits per heavy atom. The fraction of sp³-hybridized carbons (Fsp3) is 0.938. The second-order valence-electron chi connectivity index (χ2n) is 7.07. The number of urea groups is 1. The third-order valence-electron chi connectivity index (χ3n) is 4.71. The molecular weight excluding hydrogens is 282 g/mol. The van der Waals surface area contributed by atoms with Crippen LogP contribution in [0.5, 0.6) is 0 Å². The maximum Gasteiger partial charge on any atom is 0.319 e. The number of hydrogen-bond donors (Lipinski definition) is 0. The van der Waals surface area contributed by atoms with Crippen LogP contribution in [0, 0.1) is 5.41 Å². The Balaban J connectivity index is 1.99. The number of fused-ring (bicyclic) bond motifs is 1. The van der Waals surface area contributed by atoms with E-state index in [0.717, 1.165) is 52.1 Å². The number of carbonyl (C=O) groups excluding carboxylic acids is 1. The third-order valence-corrected chi connectivity index (χ3v) is 4.71. The number of likely N-dealkylation sites (tertiary alicyclic amines) is 1. The summed E-state index contributed by atoms with van der Waals surface area (Å²) in [6, 6.07) is 0.0942. The topological polar surface area (TPSA) is 45.3 Å². The predicted octanol–water partition coefficient (Wildman–Crippen LogP) is 1.12. The second-order valence-corrected chi connectivity index (χ2v) is 7.07. The molecule has 0 unspecified atom stereocenters. The van der Waals surface area contributed by atoms with Gasteiger partial charge in [-0.1, -0.05) is 0 Å². The highest BCUT2D eigenvalue weighted by molar-refractivity contribution is 5.74. The highest BCUT2D eigenvalue weighted by Crippen LogP contribution is 2.40. The molecule has 6 nitrogen and oxygen atoms in total. The molecule has 0 aromatic carbocycles. The van der Waals surface area contributed by atoms with E-state index in [4.69, 9.17) is 9.47 Å². The quantitative estimate of drug-likeness (QED) is 0.714. The van der Waals surface area contributed by atoms with Crippen molar-refractivity contribution in [3.63, 3.8) is 0 Å². The minimum absolute atomic E-state index is 0.0333. The van der Waals surface area contributed by atoms with Crippen molar-refractivity contribution in [3.05, 3.63) is 0 Å². The van der Waals surface area contributed by atoms with Gasteiger partial charge in [-0.25, -0.2) is 4.79 Å². The monoisotopic (exact) mass is 313 g/mol. The van der Waals surface area contributed by atoms with Gasteiger partial charge in [-0.2, -0.15) is 0 Å². The van der Waals surface area contributed by atoms with E-state index in [-0.39, 0.29) is 17.6 Å². The molecule has 2 fully saturated rings. The lowest BCUT2D eigenvalue weighted by molar-refractivity contribution is -0.147. The van der Waals surface area contributed by atoms with Crippen molar-refractivity contribution < 1.29 is 14.3 Å². The van der Waals surface area contributed by atoms with Gasteiger partial charge in [0.1, 0.15) is 0 Å². The zero-order chi connectivity index (χ0) is 16.2. The first-order valence-electron chi connectivity index (χ1n) is 8.25. The molecular formula is C16H31N3O3. The van der Waals surface area contributed by atoms with Gasteiger partial charge in [-0.15, -0.1) is 0 Å². The molecule has 0 aliphatic carbocycles. The molecule has 0 radical (unpaired) electrons. The van der Waals surface area contributed by atoms with E-state index in [1.165, 1.54) is 0 Å². The summed E-state index contributed by atoms with van der Waals surface area (Å²) in [5.74, 6) is 0. The molecule has 0 N–H and O–H groups in total. The predicted molar refractivity (Wildman–Crippen MR) is 86.1 cm³/mol. The van der Waals surface area contributed by atoms with Crippen molar-refractivity contribution in [2.45, 2.75) is 25.4 Å². The number of piperidine rings is 1. The number of likely N-dealkylation sites (N-methyl/N-ethyl adjacent to an activating group) is 1. The van der Waals surface area contributed by atoms with Gasteiger partial charge in [0.05, 0.1) is 19.3 Å². The molecule has 128 valence electrons. The summed E-state index contributed by atoms with van der Waals surface area (Å²) in [4.78, 5) is 18.0. The molecule has 2 atom stereocenters. The van der Waals surface area contributed by atoms with Crippen LogP contribution in [-0.2, 0) is 9.47 Å². The number of carbonyl (C=O) groups is 1. The van der Waals surface area contributed by atoms with E-state index in [1.807, 2.05) is 33.1 Å². The first-order valence-corrected chi connectivity index (χ1v) is 8.25. The van der Waals surface area contributed by atoms with Gasteiger partial charge in [0.25, 0.3) is 0 Å². The van der Waals surface area contributed by atoms with Crippen molar-refractivity contribution in [2.24, 2.45) is 5.41 Å². The fourth-order valence-corrected chi connectivity index (χ4v) is 3.47. The number of amides is 2. The summed E-state index contributed by atoms with van der Waals surface area (Å²) >= 11 is 0. The van der Waals surface area contributed by atoms with Crippen molar-refractivity contribution >= 4 is 6.03 Å². The third kappa shape index (κ3) is 4.12. The summed E-state index contributed by atoms with van der Waals surface area (Å²) in [5, 5.41) is 0. The van der Waals surface area contributed by atoms with Crippen molar-refractivity contribution in [2.75, 3.05) is 67.6 Å². The van der Waals surface area contributed by atoms with Crippen molar-refractivity contribution in [1.29, 1.82) is 0 Å². The van der Waals surface area contributed by atoms with Crippen LogP contribution in [0.25, 0.3) is 0 Å². The van der Waals surface area contributed by atoms with Crippen LogP contribution in [-0.4, -0.2) is 94.5 Å². The van der Waals surface area contributed by atoms with Gasteiger partial charge in [0.2, 0.25) is 0 Å². The lowest BCUT2D eigenvalue weighted by Crippen LogP contribution is -2.59. The molecule has 22 heavy (non-hydrogen) atoms. The fourth-order valence-electron chi connectivity index (χ4n) is 3.47. The van der Waals surface area contributed by atoms with E-state index in [1.54, 1.807) is 4.90 Å². The normalized spacial score (nSPS) is 28.6. The zero-order valence-corrected chi connectivity index (χ0v) is 14.5. The van der Waals surface area contributed by atoms with Gasteiger partial charge in [-0.3, -0.25) is 0 Å². The van der Waals surface area contributed by atoms with E-state index in [9.17, 15) is 4.79 Å². The molecule has 0 spiro atoms. The van der Waals surface area contributed by atoms with Crippen LogP contribution in [0.2, 0.25) is 0 Å². The standard InChI is InChI=1S/C16H31N3O3/c1-17(2)9-11-21-13-16-7-5-10-22-14(16)6-8-19(12-16)15(20)18(3)4/h14H,5-13H2,1-4H3/t14-,16-/m0/s1. The van der Waals surface area contributed by atoms with Crippen LogP contribution in [0.15, 0.2) is 0 Å². The molecule has 0 bridgehead atoms. The lowest BCUT2D eigenvalue weighted by Gasteiger charge is -2.50. The van der Waals surface area contributed by atoms with Crippen LogP contribution in [0.4, 0.5) is 4.79 Å². The Bertz CT molecular complexity index is 376. The summed E-state index contributed by atoms with van der Waals surface area (Å²) in [6.45, 7) is 4.69. The van der Waals surface area contributed by atoms with Gasteiger partial charge < -0.3 is 24.2 Å². The Kier molecular flexibility index (Phi) is 6.06. The van der Waals surface area contributed by atoms with Gasteiger partial charge in [0, 0.05) is 45.8 Å². The Labute approximate surface area is 134 Å². The molecule has 2 aliphatic heterocycles. The molecule has 2 heterocycles. The molecule has 2 amide bonds. The van der Waals surface area contributed by atoms with Gasteiger partial charge in [0.15, 0.2) is 0 Å². The largest absolute Gasteiger partial charge is 0.379 e. The summed E-state index contributed by atoms with van der Waals surface area (Å²) in [5.41, 5.74) is -0.0333. The molecule has 2 saturated heterocycles. The Morgan fingerprint density at radius 1 is 1.36 bits per heavy atom. The highest BCUT2D eigenvalue weighted by atomic mass is 16.5. The number of ether oxygens (including phenoxy) is 2. The molecule has 2 aliphatic rings. The summed E-state index contributed by atoms with van der Waals surface area (Å²) in [7, 11) is 7.72. The van der Waals surface area contributed by atoms with E-state index in [2.05, 4.69) is 4.90 Å². The number of hydrogen-bond acceptors (Lipinski definition) is 4. The lowest BCUT2D eigenvalue weighted by atomic mass is 9.73. The van der Waals surface area contributed by atoms with Crippen molar-refractivity contribution in [1.82, 2.24) is 14.7 Å². The molecule has 0 saturated carbocycles. The number of rotatable bonds is 5. The summed E-state index contributed by atoms with van der Waals surface area (Å²) in [6.07, 6.45) is 3.28. The van der Waals surface area contributed by atoms with Crippen LogP contribution < -0.4 is 0 Å². The maximum absolute atomic E-state index is 12.3. The minimum Gasteiger partial charge on any atom is -0.379 e. The van der Waals surface area contributed by atoms with E-state index < -0.39 is 0 Å². The van der Waals surface area contributed by atoms with E-state index >= 15 is 0 Å². The highest BCUT2D eigenvalue weighted by Gasteiger charge is 2.47. The second kappa shape index (κ2) is 7.62. The zero-order valence-electron chi connectivity index (χ0n) is 14.5. The Hall–Kier alpha value is -0.850. The molecule has 0 aromatic rings. The maximum atomic E-state index is 12.3. The smallest absolute Gasteiger partial charge is 0.319 e. The van der Waals surface area contributed by atoms with Crippen LogP contribution in [0.1, 0.15) is 19.3 Å². The first kappa shape index (κ1) is 17.5. The van der Waals surface area contributed by atoms with E-state index in [0.29, 0.717) is 6.61 Å². The molecule has 0 aromatic heterocycles. The molecule has 2 rings (SSSR count). The Morgan fingerprint density at radius 2 is 2.14 bits per heavy atom. The average molecular weight is 313 g/mol. The van der Waals surface area contributed by atoms with Crippen LogP contribution >= 0.6 is 0 Å². The summed E-state index contributed by atoms with van der Waals surface area (Å²) < 4.78 is 12.0. The minimum atomic E-state index is -0.0333. The van der Waals surface area contributed by atoms with Gasteiger partial charge in [-0.05, 0) is 33.4 Å². The first-order chi connectivity index (χ1) is 10.4. The van der Waals surface area contributed by atoms with Gasteiger partial charge >= 0.3 is 6.03 Å².